The number of hydrogen-bond acceptors (Lipinski definition) is 3. The van der Waals surface area contributed by atoms with Crippen molar-refractivity contribution in [1.82, 2.24) is 9.80 Å². The van der Waals surface area contributed by atoms with Gasteiger partial charge in [0.2, 0.25) is 0 Å². The Morgan fingerprint density at radius 2 is 1.67 bits per heavy atom. The van der Waals surface area contributed by atoms with Crippen molar-refractivity contribution in [3.05, 3.63) is 60.2 Å². The molecule has 1 saturated carbocycles. The molecule has 2 aliphatic rings. The van der Waals surface area contributed by atoms with Gasteiger partial charge in [0.1, 0.15) is 12.4 Å². The highest BCUT2D eigenvalue weighted by atomic mass is 16.5. The van der Waals surface area contributed by atoms with Crippen LogP contribution in [0, 0.1) is 0 Å². The molecule has 2 aromatic carbocycles. The van der Waals surface area contributed by atoms with E-state index in [1.165, 1.54) is 18.4 Å². The summed E-state index contributed by atoms with van der Waals surface area (Å²) < 4.78 is 5.77. The van der Waals surface area contributed by atoms with Crippen molar-refractivity contribution in [3.8, 4) is 5.75 Å². The second-order valence-corrected chi connectivity index (χ2v) is 7.28. The van der Waals surface area contributed by atoms with E-state index in [0.29, 0.717) is 12.5 Å². The van der Waals surface area contributed by atoms with E-state index in [1.54, 1.807) is 0 Å². The maximum absolute atomic E-state index is 12.6. The topological polar surface area (TPSA) is 44.8 Å². The van der Waals surface area contributed by atoms with Gasteiger partial charge in [0.05, 0.1) is 0 Å². The van der Waals surface area contributed by atoms with Gasteiger partial charge in [0, 0.05) is 38.4 Å². The Balaban J connectivity index is 1.21. The van der Waals surface area contributed by atoms with E-state index in [1.807, 2.05) is 47.4 Å². The second kappa shape index (κ2) is 8.44. The third-order valence-electron chi connectivity index (χ3n) is 5.30. The number of rotatable bonds is 6. The lowest BCUT2D eigenvalue weighted by Gasteiger charge is -2.34. The minimum atomic E-state index is 0.0169. The zero-order valence-corrected chi connectivity index (χ0v) is 15.6. The fourth-order valence-electron chi connectivity index (χ4n) is 3.54. The Hall–Kier alpha value is -2.53. The summed E-state index contributed by atoms with van der Waals surface area (Å²) in [6.07, 6.45) is 2.47. The molecule has 27 heavy (non-hydrogen) atoms. The van der Waals surface area contributed by atoms with Gasteiger partial charge in [-0.05, 0) is 42.5 Å². The van der Waals surface area contributed by atoms with Crippen molar-refractivity contribution in [2.45, 2.75) is 18.8 Å². The van der Waals surface area contributed by atoms with E-state index in [0.717, 1.165) is 44.2 Å². The molecule has 0 unspecified atom stereocenters. The molecule has 5 heteroatoms. The molecule has 1 saturated heterocycles. The first kappa shape index (κ1) is 17.9. The summed E-state index contributed by atoms with van der Waals surface area (Å²) in [7, 11) is 0. The number of amides is 2. The summed E-state index contributed by atoms with van der Waals surface area (Å²) in [4.78, 5) is 16.9. The lowest BCUT2D eigenvalue weighted by atomic mass is 10.1. The lowest BCUT2D eigenvalue weighted by Crippen LogP contribution is -2.50. The number of para-hydroxylation sites is 2. The van der Waals surface area contributed by atoms with Crippen molar-refractivity contribution >= 4 is 11.7 Å². The van der Waals surface area contributed by atoms with Crippen LogP contribution in [0.2, 0.25) is 0 Å². The quantitative estimate of drug-likeness (QED) is 0.847. The van der Waals surface area contributed by atoms with Gasteiger partial charge >= 0.3 is 6.03 Å². The highest BCUT2D eigenvalue weighted by Crippen LogP contribution is 2.43. The molecule has 1 aliphatic carbocycles. The summed E-state index contributed by atoms with van der Waals surface area (Å²) in [5.41, 5.74) is 2.26. The number of anilines is 1. The van der Waals surface area contributed by atoms with Crippen LogP contribution in [-0.2, 0) is 0 Å². The molecule has 1 heterocycles. The molecule has 0 radical (unpaired) electrons. The molecule has 0 aromatic heterocycles. The number of benzene rings is 2. The normalized spacial score (nSPS) is 17.6. The van der Waals surface area contributed by atoms with Gasteiger partial charge in [0.15, 0.2) is 0 Å². The van der Waals surface area contributed by atoms with Crippen molar-refractivity contribution in [2.24, 2.45) is 0 Å². The summed E-state index contributed by atoms with van der Waals surface area (Å²) in [5, 5.41) is 3.12. The van der Waals surface area contributed by atoms with Crippen molar-refractivity contribution in [3.63, 3.8) is 0 Å². The number of nitrogens with one attached hydrogen (secondary N) is 1. The molecule has 0 bridgehead atoms. The van der Waals surface area contributed by atoms with Gasteiger partial charge in [-0.15, -0.1) is 0 Å². The molecule has 2 amide bonds. The van der Waals surface area contributed by atoms with Crippen LogP contribution in [0.25, 0.3) is 0 Å². The Labute approximate surface area is 160 Å². The lowest BCUT2D eigenvalue weighted by molar-refractivity contribution is 0.132. The predicted molar refractivity (Wildman–Crippen MR) is 107 cm³/mol. The van der Waals surface area contributed by atoms with Crippen LogP contribution in [0.15, 0.2) is 54.6 Å². The third kappa shape index (κ3) is 4.80. The van der Waals surface area contributed by atoms with Crippen LogP contribution in [0.4, 0.5) is 10.5 Å². The fraction of sp³-hybridized carbons (Fsp3) is 0.409. The van der Waals surface area contributed by atoms with E-state index < -0.39 is 0 Å². The first-order chi connectivity index (χ1) is 13.3. The minimum absolute atomic E-state index is 0.0169. The molecule has 5 nitrogen and oxygen atoms in total. The predicted octanol–water partition coefficient (Wildman–Crippen LogP) is 3.79. The molecule has 1 N–H and O–H groups in total. The first-order valence-electron chi connectivity index (χ1n) is 9.84. The Morgan fingerprint density at radius 3 is 2.41 bits per heavy atom. The molecule has 0 atom stereocenters. The summed E-state index contributed by atoms with van der Waals surface area (Å²) in [6.45, 7) is 4.83. The van der Waals surface area contributed by atoms with Crippen molar-refractivity contribution in [2.75, 3.05) is 44.6 Å². The SMILES string of the molecule is O=C(Nc1ccccc1C1CC1)N1CCN(CCOc2ccccc2)CC1. The second-order valence-electron chi connectivity index (χ2n) is 7.28. The first-order valence-corrected chi connectivity index (χ1v) is 9.84. The summed E-state index contributed by atoms with van der Waals surface area (Å²) in [5.74, 6) is 1.54. The number of hydrogen-bond donors (Lipinski definition) is 1. The van der Waals surface area contributed by atoms with E-state index in [-0.39, 0.29) is 6.03 Å². The number of ether oxygens (including phenoxy) is 1. The average Bonchev–Trinajstić information content (AvgIpc) is 3.55. The van der Waals surface area contributed by atoms with E-state index in [2.05, 4.69) is 22.3 Å². The average molecular weight is 365 g/mol. The molecular weight excluding hydrogens is 338 g/mol. The van der Waals surface area contributed by atoms with Crippen LogP contribution >= 0.6 is 0 Å². The summed E-state index contributed by atoms with van der Waals surface area (Å²) in [6, 6.07) is 18.1. The summed E-state index contributed by atoms with van der Waals surface area (Å²) >= 11 is 0. The molecule has 2 fully saturated rings. The minimum Gasteiger partial charge on any atom is -0.492 e. The van der Waals surface area contributed by atoms with E-state index in [4.69, 9.17) is 4.74 Å². The fourth-order valence-corrected chi connectivity index (χ4v) is 3.54. The zero-order valence-electron chi connectivity index (χ0n) is 15.6. The molecular formula is C22H27N3O2. The molecule has 0 spiro atoms. The van der Waals surface area contributed by atoms with Gasteiger partial charge in [-0.3, -0.25) is 4.90 Å². The van der Waals surface area contributed by atoms with E-state index >= 15 is 0 Å². The van der Waals surface area contributed by atoms with Gasteiger partial charge in [-0.1, -0.05) is 36.4 Å². The van der Waals surface area contributed by atoms with Crippen LogP contribution in [0.5, 0.6) is 5.75 Å². The van der Waals surface area contributed by atoms with Crippen LogP contribution in [0.1, 0.15) is 24.3 Å². The number of piperazine rings is 1. The van der Waals surface area contributed by atoms with Crippen LogP contribution in [0.3, 0.4) is 0 Å². The smallest absolute Gasteiger partial charge is 0.321 e. The van der Waals surface area contributed by atoms with Gasteiger partial charge in [-0.2, -0.15) is 0 Å². The Kier molecular flexibility index (Phi) is 5.58. The maximum atomic E-state index is 12.6. The van der Waals surface area contributed by atoms with Crippen LogP contribution in [-0.4, -0.2) is 55.2 Å². The highest BCUT2D eigenvalue weighted by molar-refractivity contribution is 5.90. The van der Waals surface area contributed by atoms with Crippen molar-refractivity contribution < 1.29 is 9.53 Å². The molecule has 1 aliphatic heterocycles. The maximum Gasteiger partial charge on any atom is 0.321 e. The number of carbonyl (C=O) groups excluding carboxylic acids is 1. The van der Waals surface area contributed by atoms with Gasteiger partial charge in [0.25, 0.3) is 0 Å². The monoisotopic (exact) mass is 365 g/mol. The molecule has 2 aromatic rings. The molecule has 142 valence electrons. The highest BCUT2D eigenvalue weighted by Gasteiger charge is 2.27. The van der Waals surface area contributed by atoms with E-state index in [9.17, 15) is 4.79 Å². The standard InChI is InChI=1S/C22H27N3O2/c26-22(23-21-9-5-4-8-20(21)18-10-11-18)25-14-12-24(13-15-25)16-17-27-19-6-2-1-3-7-19/h1-9,18H,10-17H2,(H,23,26). The third-order valence-corrected chi connectivity index (χ3v) is 5.30. The number of carbonyl (C=O) groups is 1. The van der Waals surface area contributed by atoms with Gasteiger partial charge in [-0.25, -0.2) is 4.79 Å². The Bertz CT molecular complexity index is 753. The number of urea groups is 1. The van der Waals surface area contributed by atoms with Crippen molar-refractivity contribution in [1.29, 1.82) is 0 Å². The number of nitrogens with zero attached hydrogens (tertiary/aromatic N) is 2. The Morgan fingerprint density at radius 1 is 0.963 bits per heavy atom. The van der Waals surface area contributed by atoms with Gasteiger partial charge < -0.3 is 15.0 Å². The zero-order chi connectivity index (χ0) is 18.5. The largest absolute Gasteiger partial charge is 0.492 e. The van der Waals surface area contributed by atoms with Crippen LogP contribution < -0.4 is 10.1 Å². The molecule has 4 rings (SSSR count).